The maximum absolute atomic E-state index is 12.3. The molecule has 0 radical (unpaired) electrons. The number of ether oxygens (including phenoxy) is 1. The van der Waals surface area contributed by atoms with Gasteiger partial charge in [0.1, 0.15) is 12.4 Å². The van der Waals surface area contributed by atoms with Gasteiger partial charge in [-0.25, -0.2) is 4.79 Å². The van der Waals surface area contributed by atoms with E-state index in [4.69, 9.17) is 25.6 Å². The standard InChI is InChI=1S/C24H29BClNO5/c1-16-11-18(13-20(26)21(16)28)12-19(25-31-23(2,3)24(4,5)32-25)14-27-22(29)30-15-17-9-7-6-8-10-17/h6-13,28H,14-15H2,1-5H3,(H,27,29). The molecular formula is C24H29BClNO5. The SMILES string of the molecule is Cc1cc(C=C(CNC(=O)OCc2ccccc2)B2OC(C)(C)C(C)(C)O2)cc(Cl)c1O. The summed E-state index contributed by atoms with van der Waals surface area (Å²) in [5.41, 5.74) is 1.93. The van der Waals surface area contributed by atoms with E-state index < -0.39 is 24.4 Å². The van der Waals surface area contributed by atoms with Crippen LogP contribution >= 0.6 is 11.6 Å². The Hall–Kier alpha value is -2.48. The molecule has 8 heteroatoms. The number of halogens is 1. The zero-order chi connectivity index (χ0) is 23.5. The van der Waals surface area contributed by atoms with Gasteiger partial charge in [0.05, 0.1) is 16.2 Å². The second-order valence-corrected chi connectivity index (χ2v) is 9.30. The van der Waals surface area contributed by atoms with Crippen molar-refractivity contribution in [1.29, 1.82) is 0 Å². The molecule has 0 bridgehead atoms. The summed E-state index contributed by atoms with van der Waals surface area (Å²) in [5.74, 6) is 0.0450. The summed E-state index contributed by atoms with van der Waals surface area (Å²) in [6, 6.07) is 12.9. The predicted octanol–water partition coefficient (Wildman–Crippen LogP) is 5.30. The molecule has 0 atom stereocenters. The molecule has 0 saturated carbocycles. The van der Waals surface area contributed by atoms with Crippen molar-refractivity contribution in [3.8, 4) is 5.75 Å². The monoisotopic (exact) mass is 457 g/mol. The predicted molar refractivity (Wildman–Crippen MR) is 127 cm³/mol. The third-order valence-corrected chi connectivity index (χ3v) is 6.12. The van der Waals surface area contributed by atoms with Gasteiger partial charge >= 0.3 is 13.2 Å². The lowest BCUT2D eigenvalue weighted by atomic mass is 9.77. The Bertz CT molecular complexity index is 968. The van der Waals surface area contributed by atoms with Crippen LogP contribution in [0.4, 0.5) is 4.79 Å². The summed E-state index contributed by atoms with van der Waals surface area (Å²) in [6.45, 7) is 9.96. The van der Waals surface area contributed by atoms with Gasteiger partial charge in [-0.05, 0) is 68.9 Å². The highest BCUT2D eigenvalue weighted by Gasteiger charge is 2.52. The molecule has 2 aromatic rings. The van der Waals surface area contributed by atoms with Gasteiger partial charge in [0.15, 0.2) is 0 Å². The first kappa shape index (κ1) is 24.2. The van der Waals surface area contributed by atoms with E-state index in [1.165, 1.54) is 0 Å². The van der Waals surface area contributed by atoms with E-state index in [1.807, 2.05) is 64.1 Å². The largest absolute Gasteiger partial charge is 0.506 e. The normalized spacial score (nSPS) is 17.3. The molecule has 1 saturated heterocycles. The molecule has 1 fully saturated rings. The number of benzene rings is 2. The molecule has 170 valence electrons. The van der Waals surface area contributed by atoms with Gasteiger partial charge in [-0.15, -0.1) is 0 Å². The third-order valence-electron chi connectivity index (χ3n) is 5.83. The van der Waals surface area contributed by atoms with Crippen molar-refractivity contribution >= 4 is 30.9 Å². The highest BCUT2D eigenvalue weighted by molar-refractivity contribution is 6.56. The smallest absolute Gasteiger partial charge is 0.492 e. The minimum absolute atomic E-state index is 0.0450. The van der Waals surface area contributed by atoms with Crippen molar-refractivity contribution in [3.63, 3.8) is 0 Å². The maximum Gasteiger partial charge on any atom is 0.492 e. The third kappa shape index (κ3) is 5.65. The number of aromatic hydroxyl groups is 1. The number of hydrogen-bond donors (Lipinski definition) is 2. The van der Waals surface area contributed by atoms with Crippen LogP contribution in [0.2, 0.25) is 5.02 Å². The molecule has 1 aliphatic rings. The van der Waals surface area contributed by atoms with Crippen molar-refractivity contribution < 1.29 is 23.9 Å². The summed E-state index contributed by atoms with van der Waals surface area (Å²) in [5, 5.41) is 13.0. The van der Waals surface area contributed by atoms with Gasteiger partial charge in [-0.3, -0.25) is 0 Å². The summed E-state index contributed by atoms with van der Waals surface area (Å²) in [6.07, 6.45) is 1.30. The number of nitrogens with one attached hydrogen (secondary N) is 1. The number of carbonyl (C=O) groups excluding carboxylic acids is 1. The second kappa shape index (κ2) is 9.57. The zero-order valence-electron chi connectivity index (χ0n) is 19.1. The second-order valence-electron chi connectivity index (χ2n) is 8.89. The highest BCUT2D eigenvalue weighted by Crippen LogP contribution is 2.39. The minimum atomic E-state index is -0.665. The molecule has 0 aromatic heterocycles. The first-order valence-corrected chi connectivity index (χ1v) is 10.9. The van der Waals surface area contributed by atoms with Crippen LogP contribution in [-0.2, 0) is 20.7 Å². The van der Waals surface area contributed by atoms with Crippen LogP contribution in [-0.4, -0.2) is 36.1 Å². The van der Waals surface area contributed by atoms with E-state index in [9.17, 15) is 9.90 Å². The molecule has 3 rings (SSSR count). The number of aryl methyl sites for hydroxylation is 1. The summed E-state index contributed by atoms with van der Waals surface area (Å²) in [7, 11) is -0.665. The van der Waals surface area contributed by atoms with E-state index in [1.54, 1.807) is 19.1 Å². The number of amides is 1. The Morgan fingerprint density at radius 2 is 1.78 bits per heavy atom. The fraction of sp³-hybridized carbons (Fsp3) is 0.375. The van der Waals surface area contributed by atoms with Crippen molar-refractivity contribution in [1.82, 2.24) is 5.32 Å². The van der Waals surface area contributed by atoms with Gasteiger partial charge in [-0.1, -0.05) is 48.0 Å². The zero-order valence-corrected chi connectivity index (χ0v) is 19.8. The molecule has 1 amide bonds. The number of alkyl carbamates (subject to hydrolysis) is 1. The van der Waals surface area contributed by atoms with E-state index in [0.29, 0.717) is 11.0 Å². The molecule has 32 heavy (non-hydrogen) atoms. The molecule has 0 aliphatic carbocycles. The average molecular weight is 458 g/mol. The van der Waals surface area contributed by atoms with Crippen LogP contribution in [0.25, 0.3) is 6.08 Å². The first-order valence-electron chi connectivity index (χ1n) is 10.5. The Balaban J connectivity index is 1.77. The van der Waals surface area contributed by atoms with E-state index in [-0.39, 0.29) is 23.9 Å². The highest BCUT2D eigenvalue weighted by atomic mass is 35.5. The Morgan fingerprint density at radius 3 is 2.38 bits per heavy atom. The lowest BCUT2D eigenvalue weighted by molar-refractivity contribution is 0.00578. The van der Waals surface area contributed by atoms with E-state index in [2.05, 4.69) is 5.32 Å². The van der Waals surface area contributed by atoms with Gasteiger partial charge in [0.2, 0.25) is 0 Å². The van der Waals surface area contributed by atoms with E-state index in [0.717, 1.165) is 11.1 Å². The number of phenolic OH excluding ortho intramolecular Hbond substituents is 1. The van der Waals surface area contributed by atoms with Crippen molar-refractivity contribution in [2.24, 2.45) is 0 Å². The average Bonchev–Trinajstić information content (AvgIpc) is 2.95. The summed E-state index contributed by atoms with van der Waals surface area (Å²) < 4.78 is 17.7. The van der Waals surface area contributed by atoms with Crippen LogP contribution in [0.1, 0.15) is 44.4 Å². The molecule has 6 nitrogen and oxygen atoms in total. The lowest BCUT2D eigenvalue weighted by Crippen LogP contribution is -2.41. The topological polar surface area (TPSA) is 77.0 Å². The fourth-order valence-corrected chi connectivity index (χ4v) is 3.48. The van der Waals surface area contributed by atoms with Crippen molar-refractivity contribution in [2.45, 2.75) is 52.4 Å². The molecule has 2 N–H and O–H groups in total. The molecule has 1 heterocycles. The lowest BCUT2D eigenvalue weighted by Gasteiger charge is -2.32. The maximum atomic E-state index is 12.3. The number of hydrogen-bond acceptors (Lipinski definition) is 5. The number of rotatable bonds is 6. The van der Waals surface area contributed by atoms with Crippen molar-refractivity contribution in [3.05, 3.63) is 69.7 Å². The number of carbonyl (C=O) groups is 1. The number of phenols is 1. The Labute approximate surface area is 194 Å². The molecule has 0 spiro atoms. The summed E-state index contributed by atoms with van der Waals surface area (Å²) in [4.78, 5) is 12.3. The van der Waals surface area contributed by atoms with Crippen LogP contribution in [0.15, 0.2) is 47.9 Å². The van der Waals surface area contributed by atoms with Crippen molar-refractivity contribution in [2.75, 3.05) is 6.54 Å². The fourth-order valence-electron chi connectivity index (χ4n) is 3.21. The van der Waals surface area contributed by atoms with Gasteiger partial charge < -0.3 is 24.5 Å². The van der Waals surface area contributed by atoms with E-state index >= 15 is 0 Å². The van der Waals surface area contributed by atoms with Crippen LogP contribution in [0, 0.1) is 6.92 Å². The Kier molecular flexibility index (Phi) is 7.23. The quantitative estimate of drug-likeness (QED) is 0.576. The van der Waals surface area contributed by atoms with Crippen LogP contribution < -0.4 is 5.32 Å². The van der Waals surface area contributed by atoms with Gasteiger partial charge in [-0.2, -0.15) is 0 Å². The molecule has 2 aromatic carbocycles. The molecular weight excluding hydrogens is 429 g/mol. The minimum Gasteiger partial charge on any atom is -0.506 e. The first-order chi connectivity index (χ1) is 15.0. The Morgan fingerprint density at radius 1 is 1.16 bits per heavy atom. The molecule has 1 aliphatic heterocycles. The van der Waals surface area contributed by atoms with Gasteiger partial charge in [0.25, 0.3) is 0 Å². The molecule has 0 unspecified atom stereocenters. The van der Waals surface area contributed by atoms with Crippen LogP contribution in [0.3, 0.4) is 0 Å². The van der Waals surface area contributed by atoms with Gasteiger partial charge in [0, 0.05) is 6.54 Å². The van der Waals surface area contributed by atoms with Crippen LogP contribution in [0.5, 0.6) is 5.75 Å². The summed E-state index contributed by atoms with van der Waals surface area (Å²) >= 11 is 6.15.